The maximum Gasteiger partial charge on any atom is 0.245 e. The zero-order valence-electron chi connectivity index (χ0n) is 14.2. The lowest BCUT2D eigenvalue weighted by Crippen LogP contribution is -2.50. The maximum absolute atomic E-state index is 12.9. The highest BCUT2D eigenvalue weighted by molar-refractivity contribution is 5.85. The highest BCUT2D eigenvalue weighted by Crippen LogP contribution is 2.27. The minimum atomic E-state index is -0.128. The van der Waals surface area contributed by atoms with E-state index in [1.165, 1.54) is 0 Å². The van der Waals surface area contributed by atoms with Gasteiger partial charge in [-0.2, -0.15) is 0 Å². The molecule has 1 aromatic carbocycles. The molecule has 2 aromatic rings. The lowest BCUT2D eigenvalue weighted by molar-refractivity contribution is -0.136. The topological polar surface area (TPSA) is 58.6 Å². The molecule has 1 amide bonds. The third-order valence-corrected chi connectivity index (χ3v) is 4.83. The van der Waals surface area contributed by atoms with Crippen molar-refractivity contribution < 1.29 is 9.53 Å². The predicted octanol–water partition coefficient (Wildman–Crippen LogP) is 1.97. The molecule has 2 aliphatic heterocycles. The Kier molecular flexibility index (Phi) is 4.61. The first-order valence-electron chi connectivity index (χ1n) is 8.84. The van der Waals surface area contributed by atoms with Crippen LogP contribution in [-0.2, 0) is 9.53 Å². The van der Waals surface area contributed by atoms with Crippen molar-refractivity contribution in [2.24, 2.45) is 0 Å². The van der Waals surface area contributed by atoms with Gasteiger partial charge in [-0.3, -0.25) is 4.79 Å². The van der Waals surface area contributed by atoms with Gasteiger partial charge in [0, 0.05) is 31.4 Å². The Morgan fingerprint density at radius 1 is 1.08 bits per heavy atom. The van der Waals surface area contributed by atoms with E-state index < -0.39 is 0 Å². The van der Waals surface area contributed by atoms with Crippen LogP contribution in [0.4, 0.5) is 5.82 Å². The van der Waals surface area contributed by atoms with E-state index >= 15 is 0 Å². The number of aromatic nitrogens is 2. The summed E-state index contributed by atoms with van der Waals surface area (Å²) >= 11 is 0. The fourth-order valence-electron chi connectivity index (χ4n) is 3.53. The molecule has 2 fully saturated rings. The number of amides is 1. The van der Waals surface area contributed by atoms with Crippen molar-refractivity contribution in [3.05, 3.63) is 42.6 Å². The minimum absolute atomic E-state index is 0.128. The Morgan fingerprint density at radius 2 is 1.88 bits per heavy atom. The fraction of sp³-hybridized carbons (Fsp3) is 0.421. The monoisotopic (exact) mass is 338 g/mol. The Labute approximate surface area is 147 Å². The highest BCUT2D eigenvalue weighted by Gasteiger charge is 2.35. The van der Waals surface area contributed by atoms with Gasteiger partial charge in [0.05, 0.1) is 13.2 Å². The van der Waals surface area contributed by atoms with Crippen LogP contribution < -0.4 is 4.90 Å². The molecule has 0 N–H and O–H groups in total. The molecular weight excluding hydrogens is 316 g/mol. The van der Waals surface area contributed by atoms with E-state index in [0.717, 1.165) is 30.8 Å². The van der Waals surface area contributed by atoms with Crippen molar-refractivity contribution in [3.8, 4) is 11.4 Å². The summed E-state index contributed by atoms with van der Waals surface area (Å²) < 4.78 is 5.36. The van der Waals surface area contributed by atoms with Crippen molar-refractivity contribution in [2.45, 2.75) is 18.9 Å². The molecule has 0 unspecified atom stereocenters. The fourth-order valence-corrected chi connectivity index (χ4v) is 3.53. The van der Waals surface area contributed by atoms with Crippen molar-refractivity contribution in [1.29, 1.82) is 0 Å². The third-order valence-electron chi connectivity index (χ3n) is 4.83. The van der Waals surface area contributed by atoms with E-state index in [-0.39, 0.29) is 11.9 Å². The lowest BCUT2D eigenvalue weighted by atomic mass is 10.2. The van der Waals surface area contributed by atoms with Gasteiger partial charge in [-0.25, -0.2) is 9.97 Å². The number of morpholine rings is 1. The molecule has 0 saturated carbocycles. The standard InChI is InChI=1S/C19H22N4O2/c24-19(22-11-13-25-14-12-22)16-7-4-10-23(16)17-8-9-20-18(21-17)15-5-2-1-3-6-15/h1-3,5-6,8-9,16H,4,7,10-14H2/t16-/m1/s1. The molecule has 3 heterocycles. The van der Waals surface area contributed by atoms with Crippen LogP contribution in [0.25, 0.3) is 11.4 Å². The molecule has 0 spiro atoms. The molecule has 1 atom stereocenters. The Bertz CT molecular complexity index is 731. The van der Waals surface area contributed by atoms with E-state index in [9.17, 15) is 4.79 Å². The molecule has 0 aliphatic carbocycles. The quantitative estimate of drug-likeness (QED) is 0.856. The normalized spacial score (nSPS) is 20.7. The van der Waals surface area contributed by atoms with Gasteiger partial charge in [-0.05, 0) is 18.9 Å². The van der Waals surface area contributed by atoms with Crippen LogP contribution in [0.2, 0.25) is 0 Å². The molecule has 25 heavy (non-hydrogen) atoms. The van der Waals surface area contributed by atoms with Crippen molar-refractivity contribution in [3.63, 3.8) is 0 Å². The van der Waals surface area contributed by atoms with E-state index in [4.69, 9.17) is 9.72 Å². The molecular formula is C19H22N4O2. The van der Waals surface area contributed by atoms with Gasteiger partial charge >= 0.3 is 0 Å². The number of rotatable bonds is 3. The number of carbonyl (C=O) groups is 1. The largest absolute Gasteiger partial charge is 0.378 e. The van der Waals surface area contributed by atoms with Crippen LogP contribution in [0.3, 0.4) is 0 Å². The molecule has 130 valence electrons. The zero-order valence-corrected chi connectivity index (χ0v) is 14.2. The van der Waals surface area contributed by atoms with Gasteiger partial charge in [-0.15, -0.1) is 0 Å². The van der Waals surface area contributed by atoms with E-state index in [1.54, 1.807) is 6.20 Å². The van der Waals surface area contributed by atoms with E-state index in [1.807, 2.05) is 41.3 Å². The van der Waals surface area contributed by atoms with Gasteiger partial charge in [0.2, 0.25) is 5.91 Å². The third kappa shape index (κ3) is 3.35. The van der Waals surface area contributed by atoms with E-state index in [0.29, 0.717) is 32.1 Å². The van der Waals surface area contributed by atoms with Crippen LogP contribution in [0.5, 0.6) is 0 Å². The van der Waals surface area contributed by atoms with Gasteiger partial charge in [0.1, 0.15) is 11.9 Å². The Morgan fingerprint density at radius 3 is 2.68 bits per heavy atom. The summed E-state index contributed by atoms with van der Waals surface area (Å²) in [5.74, 6) is 1.72. The van der Waals surface area contributed by atoms with Crippen molar-refractivity contribution in [2.75, 3.05) is 37.7 Å². The number of nitrogens with zero attached hydrogens (tertiary/aromatic N) is 4. The second-order valence-corrected chi connectivity index (χ2v) is 6.39. The molecule has 6 heteroatoms. The van der Waals surface area contributed by atoms with Crippen LogP contribution in [0, 0.1) is 0 Å². The summed E-state index contributed by atoms with van der Waals surface area (Å²) in [7, 11) is 0. The molecule has 2 aliphatic rings. The zero-order chi connectivity index (χ0) is 17.1. The Hall–Kier alpha value is -2.47. The number of carbonyl (C=O) groups excluding carboxylic acids is 1. The van der Waals surface area contributed by atoms with Crippen LogP contribution in [0.15, 0.2) is 42.6 Å². The average molecular weight is 338 g/mol. The van der Waals surface area contributed by atoms with Gasteiger partial charge in [0.25, 0.3) is 0 Å². The van der Waals surface area contributed by atoms with Gasteiger partial charge in [-0.1, -0.05) is 30.3 Å². The number of anilines is 1. The Balaban J connectivity index is 1.57. The first-order chi connectivity index (χ1) is 12.3. The van der Waals surface area contributed by atoms with Crippen LogP contribution in [-0.4, -0.2) is 59.7 Å². The number of hydrogen-bond donors (Lipinski definition) is 0. The van der Waals surface area contributed by atoms with Gasteiger partial charge in [0.15, 0.2) is 5.82 Å². The number of benzene rings is 1. The summed E-state index contributed by atoms with van der Waals surface area (Å²) in [6.07, 6.45) is 3.66. The molecule has 0 bridgehead atoms. The summed E-state index contributed by atoms with van der Waals surface area (Å²) in [5.41, 5.74) is 0.986. The number of hydrogen-bond acceptors (Lipinski definition) is 5. The second kappa shape index (κ2) is 7.19. The number of ether oxygens (including phenoxy) is 1. The summed E-state index contributed by atoms with van der Waals surface area (Å²) in [5, 5.41) is 0. The predicted molar refractivity (Wildman–Crippen MR) is 95.2 cm³/mol. The maximum atomic E-state index is 12.9. The van der Waals surface area contributed by atoms with Gasteiger partial charge < -0.3 is 14.5 Å². The average Bonchev–Trinajstić information content (AvgIpc) is 3.19. The molecule has 6 nitrogen and oxygen atoms in total. The lowest BCUT2D eigenvalue weighted by Gasteiger charge is -2.33. The van der Waals surface area contributed by atoms with Crippen LogP contribution in [0.1, 0.15) is 12.8 Å². The molecule has 2 saturated heterocycles. The highest BCUT2D eigenvalue weighted by atomic mass is 16.5. The van der Waals surface area contributed by atoms with E-state index in [2.05, 4.69) is 9.88 Å². The summed E-state index contributed by atoms with van der Waals surface area (Å²) in [6.45, 7) is 3.48. The SMILES string of the molecule is O=C([C@H]1CCCN1c1ccnc(-c2ccccc2)n1)N1CCOCC1. The second-order valence-electron chi connectivity index (χ2n) is 6.39. The molecule has 0 radical (unpaired) electrons. The molecule has 4 rings (SSSR count). The van der Waals surface area contributed by atoms with Crippen molar-refractivity contribution in [1.82, 2.24) is 14.9 Å². The van der Waals surface area contributed by atoms with Crippen molar-refractivity contribution >= 4 is 11.7 Å². The summed E-state index contributed by atoms with van der Waals surface area (Å²) in [6, 6.07) is 11.7. The smallest absolute Gasteiger partial charge is 0.245 e. The van der Waals surface area contributed by atoms with Crippen LogP contribution >= 0.6 is 0 Å². The first-order valence-corrected chi connectivity index (χ1v) is 8.84. The minimum Gasteiger partial charge on any atom is -0.378 e. The molecule has 1 aromatic heterocycles. The summed E-state index contributed by atoms with van der Waals surface area (Å²) in [4.78, 5) is 26.1. The first kappa shape index (κ1) is 16.0.